The van der Waals surface area contributed by atoms with Gasteiger partial charge in [0.15, 0.2) is 0 Å². The highest BCUT2D eigenvalue weighted by molar-refractivity contribution is 6.30. The summed E-state index contributed by atoms with van der Waals surface area (Å²) >= 11 is 5.80. The Labute approximate surface area is 104 Å². The molecule has 0 saturated carbocycles. The number of amides is 1. The fourth-order valence-corrected chi connectivity index (χ4v) is 1.59. The molecule has 0 spiro atoms. The summed E-state index contributed by atoms with van der Waals surface area (Å²) in [7, 11) is 0. The third-order valence-electron chi connectivity index (χ3n) is 2.30. The molecule has 5 heteroatoms. The van der Waals surface area contributed by atoms with Crippen molar-refractivity contribution in [1.29, 1.82) is 0 Å². The number of aromatic amines is 1. The summed E-state index contributed by atoms with van der Waals surface area (Å²) in [4.78, 5) is 11.5. The van der Waals surface area contributed by atoms with Crippen molar-refractivity contribution in [3.63, 3.8) is 0 Å². The van der Waals surface area contributed by atoms with E-state index in [-0.39, 0.29) is 5.91 Å². The Morgan fingerprint density at radius 2 is 2.12 bits per heavy atom. The van der Waals surface area contributed by atoms with Gasteiger partial charge in [-0.1, -0.05) is 23.7 Å². The first kappa shape index (κ1) is 11.7. The standard InChI is InChI=1S/C12H12ClN3O/c1-2-14-12(17)11-7-10(15-16-11)8-3-5-9(13)6-4-8/h3-7H,2H2,1H3,(H,14,17)(H,15,16). The minimum absolute atomic E-state index is 0.153. The minimum atomic E-state index is -0.153. The van der Waals surface area contributed by atoms with E-state index in [0.29, 0.717) is 17.3 Å². The molecule has 0 fully saturated rings. The fraction of sp³-hybridized carbons (Fsp3) is 0.167. The van der Waals surface area contributed by atoms with Crippen molar-refractivity contribution in [2.75, 3.05) is 6.54 Å². The number of carbonyl (C=O) groups is 1. The van der Waals surface area contributed by atoms with Crippen LogP contribution < -0.4 is 5.32 Å². The van der Waals surface area contributed by atoms with Crippen molar-refractivity contribution in [3.8, 4) is 11.3 Å². The van der Waals surface area contributed by atoms with E-state index in [1.54, 1.807) is 18.2 Å². The van der Waals surface area contributed by atoms with Gasteiger partial charge in [0.05, 0.1) is 5.69 Å². The van der Waals surface area contributed by atoms with Crippen LogP contribution in [0.2, 0.25) is 5.02 Å². The van der Waals surface area contributed by atoms with Crippen LogP contribution in [0.1, 0.15) is 17.4 Å². The molecule has 17 heavy (non-hydrogen) atoms. The van der Waals surface area contributed by atoms with E-state index in [9.17, 15) is 4.79 Å². The van der Waals surface area contributed by atoms with E-state index in [1.807, 2.05) is 19.1 Å². The second kappa shape index (κ2) is 5.01. The Hall–Kier alpha value is -1.81. The molecule has 2 aromatic rings. The molecule has 4 nitrogen and oxygen atoms in total. The van der Waals surface area contributed by atoms with Crippen LogP contribution in [-0.2, 0) is 0 Å². The topological polar surface area (TPSA) is 57.8 Å². The predicted molar refractivity (Wildman–Crippen MR) is 67.0 cm³/mol. The highest BCUT2D eigenvalue weighted by Gasteiger charge is 2.09. The maximum Gasteiger partial charge on any atom is 0.269 e. The number of nitrogens with zero attached hydrogens (tertiary/aromatic N) is 1. The molecular formula is C12H12ClN3O. The third-order valence-corrected chi connectivity index (χ3v) is 2.55. The van der Waals surface area contributed by atoms with E-state index < -0.39 is 0 Å². The first-order valence-corrected chi connectivity index (χ1v) is 5.68. The number of aromatic nitrogens is 2. The molecule has 0 aliphatic rings. The molecular weight excluding hydrogens is 238 g/mol. The summed E-state index contributed by atoms with van der Waals surface area (Å²) in [6.45, 7) is 2.46. The van der Waals surface area contributed by atoms with E-state index in [1.165, 1.54) is 0 Å². The van der Waals surface area contributed by atoms with Crippen molar-refractivity contribution < 1.29 is 4.79 Å². The lowest BCUT2D eigenvalue weighted by Crippen LogP contribution is -2.22. The van der Waals surface area contributed by atoms with Crippen LogP contribution in [0.3, 0.4) is 0 Å². The Bertz CT molecular complexity index is 519. The molecule has 1 aromatic heterocycles. The average Bonchev–Trinajstić information content (AvgIpc) is 2.80. The molecule has 0 aliphatic heterocycles. The lowest BCUT2D eigenvalue weighted by molar-refractivity contribution is 0.0951. The van der Waals surface area contributed by atoms with Crippen LogP contribution in [-0.4, -0.2) is 22.6 Å². The van der Waals surface area contributed by atoms with Crippen molar-refractivity contribution in [2.45, 2.75) is 6.92 Å². The number of hydrogen-bond donors (Lipinski definition) is 2. The molecule has 0 atom stereocenters. The summed E-state index contributed by atoms with van der Waals surface area (Å²) in [5.74, 6) is -0.153. The molecule has 1 aromatic carbocycles. The third kappa shape index (κ3) is 2.65. The Morgan fingerprint density at radius 1 is 1.41 bits per heavy atom. The lowest BCUT2D eigenvalue weighted by Gasteiger charge is -1.96. The van der Waals surface area contributed by atoms with Gasteiger partial charge in [0.2, 0.25) is 0 Å². The number of halogens is 1. The molecule has 2 N–H and O–H groups in total. The second-order valence-corrected chi connectivity index (χ2v) is 3.97. The quantitative estimate of drug-likeness (QED) is 0.878. The predicted octanol–water partition coefficient (Wildman–Crippen LogP) is 2.48. The van der Waals surface area contributed by atoms with Crippen molar-refractivity contribution in [2.24, 2.45) is 0 Å². The lowest BCUT2D eigenvalue weighted by atomic mass is 10.1. The van der Waals surface area contributed by atoms with Gasteiger partial charge in [-0.15, -0.1) is 0 Å². The fourth-order valence-electron chi connectivity index (χ4n) is 1.46. The van der Waals surface area contributed by atoms with E-state index in [4.69, 9.17) is 11.6 Å². The summed E-state index contributed by atoms with van der Waals surface area (Å²) in [6.07, 6.45) is 0. The van der Waals surface area contributed by atoms with Crippen molar-refractivity contribution >= 4 is 17.5 Å². The van der Waals surface area contributed by atoms with Gasteiger partial charge in [0.1, 0.15) is 5.69 Å². The SMILES string of the molecule is CCNC(=O)c1cc(-c2ccc(Cl)cc2)n[nH]1. The number of benzene rings is 1. The Kier molecular flexibility index (Phi) is 3.44. The Morgan fingerprint density at radius 3 is 2.76 bits per heavy atom. The highest BCUT2D eigenvalue weighted by Crippen LogP contribution is 2.19. The van der Waals surface area contributed by atoms with Gasteiger partial charge in [0.25, 0.3) is 5.91 Å². The van der Waals surface area contributed by atoms with Crippen LogP contribution in [0, 0.1) is 0 Å². The van der Waals surface area contributed by atoms with Crippen LogP contribution >= 0.6 is 11.6 Å². The van der Waals surface area contributed by atoms with Gasteiger partial charge < -0.3 is 5.32 Å². The minimum Gasteiger partial charge on any atom is -0.351 e. The molecule has 0 bridgehead atoms. The van der Waals surface area contributed by atoms with E-state index in [2.05, 4.69) is 15.5 Å². The summed E-state index contributed by atoms with van der Waals surface area (Å²) in [6, 6.07) is 9.02. The maximum atomic E-state index is 11.5. The monoisotopic (exact) mass is 249 g/mol. The largest absolute Gasteiger partial charge is 0.351 e. The molecule has 1 heterocycles. The van der Waals surface area contributed by atoms with Crippen LogP contribution in [0.4, 0.5) is 0 Å². The normalized spacial score (nSPS) is 10.2. The van der Waals surface area contributed by atoms with Gasteiger partial charge in [0, 0.05) is 17.1 Å². The number of H-pyrrole nitrogens is 1. The first-order valence-electron chi connectivity index (χ1n) is 5.30. The van der Waals surface area contributed by atoms with Crippen LogP contribution in [0.15, 0.2) is 30.3 Å². The molecule has 88 valence electrons. The zero-order valence-electron chi connectivity index (χ0n) is 9.33. The molecule has 0 radical (unpaired) electrons. The molecule has 0 unspecified atom stereocenters. The maximum absolute atomic E-state index is 11.5. The number of nitrogens with one attached hydrogen (secondary N) is 2. The zero-order chi connectivity index (χ0) is 12.3. The summed E-state index contributed by atoms with van der Waals surface area (Å²) < 4.78 is 0. The number of rotatable bonds is 3. The first-order chi connectivity index (χ1) is 8.20. The summed E-state index contributed by atoms with van der Waals surface area (Å²) in [5, 5.41) is 10.2. The van der Waals surface area contributed by atoms with Gasteiger partial charge in [-0.3, -0.25) is 9.89 Å². The summed E-state index contributed by atoms with van der Waals surface area (Å²) in [5.41, 5.74) is 2.10. The highest BCUT2D eigenvalue weighted by atomic mass is 35.5. The molecule has 1 amide bonds. The Balaban J connectivity index is 2.23. The van der Waals surface area contributed by atoms with Gasteiger partial charge in [-0.2, -0.15) is 5.10 Å². The van der Waals surface area contributed by atoms with Crippen molar-refractivity contribution in [1.82, 2.24) is 15.5 Å². The van der Waals surface area contributed by atoms with Gasteiger partial charge in [-0.05, 0) is 25.1 Å². The molecule has 0 saturated heterocycles. The number of hydrogen-bond acceptors (Lipinski definition) is 2. The van der Waals surface area contributed by atoms with E-state index >= 15 is 0 Å². The average molecular weight is 250 g/mol. The van der Waals surface area contributed by atoms with Gasteiger partial charge in [-0.25, -0.2) is 0 Å². The van der Waals surface area contributed by atoms with Crippen LogP contribution in [0.5, 0.6) is 0 Å². The number of carbonyl (C=O) groups excluding carboxylic acids is 1. The molecule has 2 rings (SSSR count). The second-order valence-electron chi connectivity index (χ2n) is 3.53. The van der Waals surface area contributed by atoms with E-state index in [0.717, 1.165) is 11.3 Å². The zero-order valence-corrected chi connectivity index (χ0v) is 10.1. The van der Waals surface area contributed by atoms with Gasteiger partial charge >= 0.3 is 0 Å². The van der Waals surface area contributed by atoms with Crippen molar-refractivity contribution in [3.05, 3.63) is 41.0 Å². The molecule has 0 aliphatic carbocycles. The smallest absolute Gasteiger partial charge is 0.269 e. The van der Waals surface area contributed by atoms with Crippen LogP contribution in [0.25, 0.3) is 11.3 Å².